The van der Waals surface area contributed by atoms with E-state index in [1.807, 2.05) is 0 Å². The van der Waals surface area contributed by atoms with Crippen molar-refractivity contribution in [1.29, 1.82) is 0 Å². The van der Waals surface area contributed by atoms with E-state index < -0.39 is 0 Å². The molecule has 0 aromatic carbocycles. The van der Waals surface area contributed by atoms with E-state index in [9.17, 15) is 0 Å². The summed E-state index contributed by atoms with van der Waals surface area (Å²) in [4.78, 5) is 12.3. The Hall–Kier alpha value is -1.18. The number of aliphatic imine (C=N–C) groups is 2. The van der Waals surface area contributed by atoms with Crippen molar-refractivity contribution in [1.82, 2.24) is 15.5 Å². The number of nitrogens with two attached hydrogens (primary N) is 2. The normalized spacial score (nSPS) is 22.9. The molecule has 0 radical (unpaired) electrons. The van der Waals surface area contributed by atoms with Crippen molar-refractivity contribution in [3.05, 3.63) is 0 Å². The molecule has 7 nitrogen and oxygen atoms in total. The summed E-state index contributed by atoms with van der Waals surface area (Å²) in [5.74, 6) is 1.66. The molecule has 6 N–H and O–H groups in total. The lowest BCUT2D eigenvalue weighted by molar-refractivity contribution is 0.0680. The van der Waals surface area contributed by atoms with Gasteiger partial charge in [-0.2, -0.15) is 0 Å². The highest BCUT2D eigenvalue weighted by atomic mass is 15.2. The van der Waals surface area contributed by atoms with Crippen LogP contribution in [0.1, 0.15) is 181 Å². The second kappa shape index (κ2) is 17.7. The second-order valence-electron chi connectivity index (χ2n) is 19.7. The molecule has 278 valence electrons. The van der Waals surface area contributed by atoms with Gasteiger partial charge >= 0.3 is 0 Å². The number of amidine groups is 1. The second-order valence-corrected chi connectivity index (χ2v) is 19.7. The molecule has 0 amide bonds. The predicted octanol–water partition coefficient (Wildman–Crippen LogP) is 9.04. The number of rotatable bonds is 13. The first-order valence-corrected chi connectivity index (χ1v) is 19.3. The van der Waals surface area contributed by atoms with Crippen LogP contribution in [0.4, 0.5) is 0 Å². The third-order valence-corrected chi connectivity index (χ3v) is 9.60. The van der Waals surface area contributed by atoms with Gasteiger partial charge in [0.05, 0.1) is 5.54 Å². The van der Waals surface area contributed by atoms with Crippen molar-refractivity contribution in [3.8, 4) is 0 Å². The van der Waals surface area contributed by atoms with Gasteiger partial charge in [0.2, 0.25) is 5.96 Å². The van der Waals surface area contributed by atoms with Gasteiger partial charge in [0, 0.05) is 34.1 Å². The van der Waals surface area contributed by atoms with Gasteiger partial charge in [-0.1, -0.05) is 67.2 Å². The van der Waals surface area contributed by atoms with Gasteiger partial charge < -0.3 is 27.0 Å². The number of guanidine groups is 1. The molecule has 47 heavy (non-hydrogen) atoms. The first-order valence-electron chi connectivity index (χ1n) is 19.3. The summed E-state index contributed by atoms with van der Waals surface area (Å²) in [6.45, 7) is 38.6. The smallest absolute Gasteiger partial charge is 0.217 e. The van der Waals surface area contributed by atoms with Gasteiger partial charge in [0.15, 0.2) is 0 Å². The van der Waals surface area contributed by atoms with E-state index in [0.717, 1.165) is 38.6 Å². The summed E-state index contributed by atoms with van der Waals surface area (Å²) in [6.07, 6.45) is 12.7. The molecule has 0 saturated carbocycles. The van der Waals surface area contributed by atoms with Crippen LogP contribution in [0.2, 0.25) is 0 Å². The van der Waals surface area contributed by atoms with Crippen LogP contribution in [-0.2, 0) is 0 Å². The van der Waals surface area contributed by atoms with Gasteiger partial charge in [-0.3, -0.25) is 0 Å². The molecular formula is C40H83N7. The van der Waals surface area contributed by atoms with Gasteiger partial charge in [0.25, 0.3) is 0 Å². The number of hydrogen-bond donors (Lipinski definition) is 4. The van der Waals surface area contributed by atoms with Gasteiger partial charge in [0.1, 0.15) is 5.84 Å². The van der Waals surface area contributed by atoms with E-state index in [1.165, 1.54) is 45.1 Å². The molecule has 2 heterocycles. The Morgan fingerprint density at radius 1 is 0.745 bits per heavy atom. The molecule has 0 aliphatic carbocycles. The maximum absolute atomic E-state index is 6.85. The third-order valence-electron chi connectivity index (χ3n) is 9.60. The zero-order valence-corrected chi connectivity index (χ0v) is 34.4. The average Bonchev–Trinajstić information content (AvgIpc) is 2.80. The molecule has 2 fully saturated rings. The molecule has 2 aliphatic heterocycles. The lowest BCUT2D eigenvalue weighted by atomic mass is 9.69. The summed E-state index contributed by atoms with van der Waals surface area (Å²) in [7, 11) is 0. The predicted molar refractivity (Wildman–Crippen MR) is 210 cm³/mol. The van der Waals surface area contributed by atoms with Crippen molar-refractivity contribution in [3.63, 3.8) is 0 Å². The molecule has 2 rings (SSSR count). The number of hydrogen-bond acceptors (Lipinski definition) is 4. The van der Waals surface area contributed by atoms with Crippen molar-refractivity contribution in [2.75, 3.05) is 13.1 Å². The topological polar surface area (TPSA) is 104 Å². The molecule has 0 spiro atoms. The molecule has 7 heteroatoms. The van der Waals surface area contributed by atoms with Gasteiger partial charge in [-0.25, -0.2) is 9.98 Å². The Morgan fingerprint density at radius 2 is 1.19 bits per heavy atom. The third kappa shape index (κ3) is 17.4. The van der Waals surface area contributed by atoms with Crippen LogP contribution in [0.15, 0.2) is 9.98 Å². The molecule has 1 unspecified atom stereocenters. The lowest BCUT2D eigenvalue weighted by Gasteiger charge is -2.49. The maximum atomic E-state index is 6.85. The van der Waals surface area contributed by atoms with E-state index in [-0.39, 0.29) is 39.0 Å². The Kier molecular flexibility index (Phi) is 16.5. The minimum Gasteiger partial charge on any atom is -0.387 e. The highest BCUT2D eigenvalue weighted by Crippen LogP contribution is 2.39. The maximum Gasteiger partial charge on any atom is 0.217 e. The number of nitrogens with zero attached hydrogens (tertiary/aromatic N) is 3. The standard InChI is InChI=1S/C37H75N7.C3H8/c1-15-44(28-24-35(9,10)43-36(11,12)25-28)21-19-17-16-18-20-29(27-22-33(5,6)42-34(7,8)23-27)30(38)40-31(39)41-37(13,14)26-32(2,3)4;1-3-2/h27-29,42-43H,15-26H2,1-14H3,(H4,38,39,40,41);3H2,1-2H3. The van der Waals surface area contributed by atoms with Crippen molar-refractivity contribution < 1.29 is 0 Å². The number of unbranched alkanes of at least 4 members (excludes halogenated alkanes) is 3. The Bertz CT molecular complexity index is 951. The largest absolute Gasteiger partial charge is 0.387 e. The van der Waals surface area contributed by atoms with E-state index in [2.05, 4.69) is 126 Å². The van der Waals surface area contributed by atoms with Crippen LogP contribution in [0.3, 0.4) is 0 Å². The highest BCUT2D eigenvalue weighted by molar-refractivity contribution is 5.95. The highest BCUT2D eigenvalue weighted by Gasteiger charge is 2.42. The number of nitrogens with one attached hydrogen (secondary N) is 2. The zero-order valence-electron chi connectivity index (χ0n) is 34.4. The Labute approximate surface area is 293 Å². The fraction of sp³-hybridized carbons (Fsp3) is 0.950. The Balaban J connectivity index is 0.00000354. The number of piperidine rings is 2. The SMILES string of the molecule is CCC.CCN(CCCCCCC(/C(N)=N/C(N)=NC(C)(C)CC(C)(C)C)C1CC(C)(C)NC(C)(C)C1)C1CC(C)(C)NC(C)(C)C1. The molecule has 0 bridgehead atoms. The van der Waals surface area contributed by atoms with Crippen LogP contribution >= 0.6 is 0 Å². The minimum absolute atomic E-state index is 0.0562. The van der Waals surface area contributed by atoms with Crippen LogP contribution < -0.4 is 22.1 Å². The van der Waals surface area contributed by atoms with E-state index in [1.54, 1.807) is 0 Å². The fourth-order valence-corrected chi connectivity index (χ4v) is 9.36. The molecule has 0 aromatic rings. The van der Waals surface area contributed by atoms with Crippen LogP contribution in [0.5, 0.6) is 0 Å². The quantitative estimate of drug-likeness (QED) is 0.0896. The summed E-state index contributed by atoms with van der Waals surface area (Å²) < 4.78 is 0. The molecular weight excluding hydrogens is 578 g/mol. The fourth-order valence-electron chi connectivity index (χ4n) is 9.36. The summed E-state index contributed by atoms with van der Waals surface area (Å²) in [6, 6.07) is 0.652. The summed E-state index contributed by atoms with van der Waals surface area (Å²) in [5.41, 5.74) is 13.7. The average molecular weight is 662 g/mol. The van der Waals surface area contributed by atoms with Crippen LogP contribution in [0, 0.1) is 17.3 Å². The van der Waals surface area contributed by atoms with E-state index in [4.69, 9.17) is 21.5 Å². The van der Waals surface area contributed by atoms with E-state index in [0.29, 0.717) is 23.8 Å². The van der Waals surface area contributed by atoms with Crippen LogP contribution in [0.25, 0.3) is 0 Å². The lowest BCUT2D eigenvalue weighted by Crippen LogP contribution is -2.62. The van der Waals surface area contributed by atoms with Crippen molar-refractivity contribution in [2.24, 2.45) is 38.7 Å². The van der Waals surface area contributed by atoms with E-state index >= 15 is 0 Å². The van der Waals surface area contributed by atoms with Gasteiger partial charge in [-0.15, -0.1) is 0 Å². The summed E-state index contributed by atoms with van der Waals surface area (Å²) >= 11 is 0. The first kappa shape index (κ1) is 43.8. The Morgan fingerprint density at radius 3 is 1.64 bits per heavy atom. The van der Waals surface area contributed by atoms with Crippen molar-refractivity contribution >= 4 is 11.8 Å². The zero-order chi connectivity index (χ0) is 36.5. The van der Waals surface area contributed by atoms with Crippen molar-refractivity contribution in [2.45, 2.75) is 215 Å². The molecule has 1 atom stereocenters. The van der Waals surface area contributed by atoms with Gasteiger partial charge in [-0.05, 0) is 139 Å². The molecule has 2 aliphatic rings. The summed E-state index contributed by atoms with van der Waals surface area (Å²) in [5, 5.41) is 7.70. The van der Waals surface area contributed by atoms with Crippen LogP contribution in [-0.4, -0.2) is 63.5 Å². The minimum atomic E-state index is -0.285. The first-order chi connectivity index (χ1) is 21.2. The monoisotopic (exact) mass is 662 g/mol. The molecule has 0 aromatic heterocycles. The molecule has 2 saturated heterocycles.